The molecular formula is C18H24O3. The number of aliphatic hydroxyl groups is 1. The van der Waals surface area contributed by atoms with E-state index >= 15 is 0 Å². The molecule has 0 spiro atoms. The summed E-state index contributed by atoms with van der Waals surface area (Å²) in [6.07, 6.45) is 4.17. The molecule has 1 aliphatic rings. The highest BCUT2D eigenvalue weighted by Crippen LogP contribution is 2.43. The van der Waals surface area contributed by atoms with E-state index in [-0.39, 0.29) is 12.5 Å². The van der Waals surface area contributed by atoms with Gasteiger partial charge < -0.3 is 14.6 Å². The predicted octanol–water partition coefficient (Wildman–Crippen LogP) is 3.69. The molecule has 1 aliphatic carbocycles. The highest BCUT2D eigenvalue weighted by atomic mass is 16.5. The highest BCUT2D eigenvalue weighted by molar-refractivity contribution is 5.50. The van der Waals surface area contributed by atoms with Gasteiger partial charge in [0.25, 0.3) is 0 Å². The lowest BCUT2D eigenvalue weighted by Crippen LogP contribution is -2.13. The third kappa shape index (κ3) is 3.13. The zero-order valence-electron chi connectivity index (χ0n) is 13.1. The Labute approximate surface area is 126 Å². The van der Waals surface area contributed by atoms with Gasteiger partial charge in [0, 0.05) is 11.5 Å². The zero-order chi connectivity index (χ0) is 15.4. The summed E-state index contributed by atoms with van der Waals surface area (Å²) in [5.41, 5.74) is 3.13. The molecule has 0 fully saturated rings. The first-order chi connectivity index (χ1) is 10.1. The Bertz CT molecular complexity index is 545. The van der Waals surface area contributed by atoms with E-state index in [1.54, 1.807) is 14.2 Å². The van der Waals surface area contributed by atoms with Crippen LogP contribution in [-0.2, 0) is 0 Å². The third-order valence-electron chi connectivity index (χ3n) is 4.31. The minimum atomic E-state index is -0.0162. The molecular weight excluding hydrogens is 264 g/mol. The van der Waals surface area contributed by atoms with Crippen molar-refractivity contribution in [3.63, 3.8) is 0 Å². The van der Waals surface area contributed by atoms with Crippen LogP contribution in [0, 0.1) is 5.92 Å². The molecule has 2 rings (SSSR count). The molecule has 0 bridgehead atoms. The number of hydrogen-bond acceptors (Lipinski definition) is 3. The smallest absolute Gasteiger partial charge is 0.123 e. The van der Waals surface area contributed by atoms with Crippen molar-refractivity contribution < 1.29 is 14.6 Å². The first-order valence-electron chi connectivity index (χ1n) is 7.32. The van der Waals surface area contributed by atoms with Crippen molar-refractivity contribution in [1.29, 1.82) is 0 Å². The van der Waals surface area contributed by atoms with Crippen LogP contribution in [0.3, 0.4) is 0 Å². The minimum Gasteiger partial charge on any atom is -0.497 e. The summed E-state index contributed by atoms with van der Waals surface area (Å²) in [7, 11) is 3.31. The normalized spacial score (nSPS) is 22.5. The molecule has 0 heterocycles. The van der Waals surface area contributed by atoms with Crippen LogP contribution >= 0.6 is 0 Å². The van der Waals surface area contributed by atoms with Gasteiger partial charge in [0.2, 0.25) is 0 Å². The fraction of sp³-hybridized carbons (Fsp3) is 0.444. The van der Waals surface area contributed by atoms with Crippen molar-refractivity contribution in [2.24, 2.45) is 5.92 Å². The van der Waals surface area contributed by atoms with Gasteiger partial charge in [-0.1, -0.05) is 25.2 Å². The van der Waals surface area contributed by atoms with Gasteiger partial charge in [0.1, 0.15) is 11.5 Å². The number of hydrogen-bond donors (Lipinski definition) is 1. The zero-order valence-corrected chi connectivity index (χ0v) is 13.1. The van der Waals surface area contributed by atoms with Crippen molar-refractivity contribution in [3.8, 4) is 11.5 Å². The molecule has 0 saturated heterocycles. The number of allylic oxidation sites excluding steroid dienone is 2. The quantitative estimate of drug-likeness (QED) is 0.859. The number of aliphatic hydroxyl groups excluding tert-OH is 1. The Hall–Kier alpha value is -1.74. The average molecular weight is 288 g/mol. The number of rotatable bonds is 4. The minimum absolute atomic E-state index is 0.0162. The molecule has 1 aromatic carbocycles. The summed E-state index contributed by atoms with van der Waals surface area (Å²) >= 11 is 0. The second-order valence-electron chi connectivity index (χ2n) is 5.53. The van der Waals surface area contributed by atoms with Crippen LogP contribution in [0.15, 0.2) is 42.0 Å². The Morgan fingerprint density at radius 2 is 2.05 bits per heavy atom. The fourth-order valence-electron chi connectivity index (χ4n) is 2.96. The summed E-state index contributed by atoms with van der Waals surface area (Å²) in [4.78, 5) is 0. The largest absolute Gasteiger partial charge is 0.497 e. The van der Waals surface area contributed by atoms with Gasteiger partial charge in [0.15, 0.2) is 0 Å². The lowest BCUT2D eigenvalue weighted by Gasteiger charge is -2.26. The summed E-state index contributed by atoms with van der Waals surface area (Å²) in [6.45, 7) is 6.52. The molecule has 114 valence electrons. The molecule has 21 heavy (non-hydrogen) atoms. The molecule has 3 heteroatoms. The van der Waals surface area contributed by atoms with Crippen LogP contribution in [0.4, 0.5) is 0 Å². The lowest BCUT2D eigenvalue weighted by molar-refractivity contribution is 0.323. The van der Waals surface area contributed by atoms with Gasteiger partial charge in [-0.3, -0.25) is 0 Å². The third-order valence-corrected chi connectivity index (χ3v) is 4.31. The van der Waals surface area contributed by atoms with Crippen LogP contribution < -0.4 is 9.47 Å². The number of ether oxygens (including phenoxy) is 2. The van der Waals surface area contributed by atoms with Crippen molar-refractivity contribution >= 4 is 0 Å². The van der Waals surface area contributed by atoms with Gasteiger partial charge >= 0.3 is 0 Å². The Morgan fingerprint density at radius 3 is 2.67 bits per heavy atom. The standard InChI is InChI=1S/C18H24O3/c1-12-6-5-7-14(11-19)18(13(12)2)16-10-15(20-3)8-9-17(16)21-4/h7-10,12,18-19H,2,5-6,11H2,1,3-4H3/t12-,18-/m1/s1. The maximum Gasteiger partial charge on any atom is 0.123 e. The number of benzene rings is 1. The topological polar surface area (TPSA) is 38.7 Å². The van der Waals surface area contributed by atoms with E-state index < -0.39 is 0 Å². The van der Waals surface area contributed by atoms with Crippen LogP contribution in [0.5, 0.6) is 11.5 Å². The van der Waals surface area contributed by atoms with Gasteiger partial charge in [-0.25, -0.2) is 0 Å². The van der Waals surface area contributed by atoms with Crippen LogP contribution in [-0.4, -0.2) is 25.9 Å². The Balaban J connectivity index is 2.56. The predicted molar refractivity (Wildman–Crippen MR) is 85.0 cm³/mol. The molecule has 0 radical (unpaired) electrons. The van der Waals surface area contributed by atoms with Crippen molar-refractivity contribution in [3.05, 3.63) is 47.6 Å². The molecule has 0 amide bonds. The highest BCUT2D eigenvalue weighted by Gasteiger charge is 2.28. The van der Waals surface area contributed by atoms with Crippen LogP contribution in [0.2, 0.25) is 0 Å². The van der Waals surface area contributed by atoms with E-state index in [2.05, 4.69) is 19.6 Å². The van der Waals surface area contributed by atoms with Crippen molar-refractivity contribution in [2.75, 3.05) is 20.8 Å². The first-order valence-corrected chi connectivity index (χ1v) is 7.32. The van der Waals surface area contributed by atoms with E-state index in [0.717, 1.165) is 41.1 Å². The number of methoxy groups -OCH3 is 2. The molecule has 1 aromatic rings. The summed E-state index contributed by atoms with van der Waals surface area (Å²) in [5, 5.41) is 9.76. The van der Waals surface area contributed by atoms with Gasteiger partial charge in [-0.2, -0.15) is 0 Å². The second kappa shape index (κ2) is 6.81. The fourth-order valence-corrected chi connectivity index (χ4v) is 2.96. The summed E-state index contributed by atoms with van der Waals surface area (Å²) in [5.74, 6) is 1.98. The molecule has 1 N–H and O–H groups in total. The maximum absolute atomic E-state index is 9.76. The van der Waals surface area contributed by atoms with Crippen molar-refractivity contribution in [1.82, 2.24) is 0 Å². The van der Waals surface area contributed by atoms with E-state index in [0.29, 0.717) is 5.92 Å². The van der Waals surface area contributed by atoms with Gasteiger partial charge in [-0.15, -0.1) is 0 Å². The summed E-state index contributed by atoms with van der Waals surface area (Å²) in [6, 6.07) is 5.77. The van der Waals surface area contributed by atoms with E-state index in [4.69, 9.17) is 9.47 Å². The van der Waals surface area contributed by atoms with Crippen LogP contribution in [0.25, 0.3) is 0 Å². The Kier molecular flexibility index (Phi) is 5.07. The maximum atomic E-state index is 9.76. The molecule has 2 atom stereocenters. The lowest BCUT2D eigenvalue weighted by atomic mass is 9.80. The van der Waals surface area contributed by atoms with Gasteiger partial charge in [0.05, 0.1) is 20.8 Å². The second-order valence-corrected chi connectivity index (χ2v) is 5.53. The molecule has 0 aliphatic heterocycles. The molecule has 0 unspecified atom stereocenters. The summed E-state index contributed by atoms with van der Waals surface area (Å²) < 4.78 is 10.8. The molecule has 0 aromatic heterocycles. The first kappa shape index (κ1) is 15.6. The monoisotopic (exact) mass is 288 g/mol. The van der Waals surface area contributed by atoms with Crippen molar-refractivity contribution in [2.45, 2.75) is 25.7 Å². The van der Waals surface area contributed by atoms with E-state index in [9.17, 15) is 5.11 Å². The van der Waals surface area contributed by atoms with Gasteiger partial charge in [-0.05, 0) is 42.5 Å². The van der Waals surface area contributed by atoms with E-state index in [1.807, 2.05) is 18.2 Å². The van der Waals surface area contributed by atoms with E-state index in [1.165, 1.54) is 0 Å². The average Bonchev–Trinajstić information content (AvgIpc) is 2.66. The SMILES string of the molecule is C=C1[C@@H](c2cc(OC)ccc2OC)C(CO)=CCC[C@H]1C. The Morgan fingerprint density at radius 1 is 1.29 bits per heavy atom. The molecule has 0 saturated carbocycles. The molecule has 3 nitrogen and oxygen atoms in total. The van der Waals surface area contributed by atoms with Crippen LogP contribution in [0.1, 0.15) is 31.2 Å².